The van der Waals surface area contributed by atoms with Gasteiger partial charge in [0, 0.05) is 19.4 Å². The number of ether oxygens (including phenoxy) is 2. The summed E-state index contributed by atoms with van der Waals surface area (Å²) < 4.78 is 33.0. The van der Waals surface area contributed by atoms with Crippen molar-refractivity contribution in [2.45, 2.75) is 264 Å². The Bertz CT molecular complexity index is 1360. The molecule has 0 saturated heterocycles. The summed E-state index contributed by atoms with van der Waals surface area (Å²) in [5.41, 5.74) is 5.38. The van der Waals surface area contributed by atoms with Crippen molar-refractivity contribution >= 4 is 19.8 Å². The predicted molar refractivity (Wildman–Crippen MR) is 293 cm³/mol. The number of rotatable bonds is 53. The number of phosphoric acid groups is 1. The van der Waals surface area contributed by atoms with Crippen LogP contribution in [0.5, 0.6) is 0 Å². The van der Waals surface area contributed by atoms with Gasteiger partial charge in [0.15, 0.2) is 6.10 Å². The molecule has 0 aromatic carbocycles. The largest absolute Gasteiger partial charge is 0.472 e. The Balaban J connectivity index is 4.02. The summed E-state index contributed by atoms with van der Waals surface area (Å²) in [4.78, 5) is 35.2. The third-order valence-electron chi connectivity index (χ3n) is 12.1. The molecule has 3 N–H and O–H groups in total. The number of phosphoric ester groups is 1. The third-order valence-corrected chi connectivity index (χ3v) is 13.1. The molecule has 69 heavy (non-hydrogen) atoms. The molecule has 0 aromatic rings. The van der Waals surface area contributed by atoms with Gasteiger partial charge in [-0.1, -0.05) is 254 Å². The molecule has 0 radical (unpaired) electrons. The topological polar surface area (TPSA) is 134 Å². The van der Waals surface area contributed by atoms with Crippen LogP contribution in [0.15, 0.2) is 72.9 Å². The molecular weight excluding hydrogens is 882 g/mol. The third kappa shape index (κ3) is 54.6. The van der Waals surface area contributed by atoms with Gasteiger partial charge < -0.3 is 20.1 Å². The van der Waals surface area contributed by atoms with Gasteiger partial charge >= 0.3 is 19.8 Å². The van der Waals surface area contributed by atoms with Gasteiger partial charge in [-0.25, -0.2) is 4.57 Å². The van der Waals surface area contributed by atoms with Crippen LogP contribution in [0.2, 0.25) is 0 Å². The summed E-state index contributed by atoms with van der Waals surface area (Å²) in [5.74, 6) is -0.830. The highest BCUT2D eigenvalue weighted by Gasteiger charge is 2.26. The van der Waals surface area contributed by atoms with E-state index < -0.39 is 26.5 Å². The van der Waals surface area contributed by atoms with Crippen LogP contribution in [-0.2, 0) is 32.7 Å². The van der Waals surface area contributed by atoms with Gasteiger partial charge in [-0.3, -0.25) is 18.6 Å². The Labute approximate surface area is 424 Å². The minimum atomic E-state index is -4.39. The van der Waals surface area contributed by atoms with E-state index in [0.717, 1.165) is 83.5 Å². The van der Waals surface area contributed by atoms with E-state index in [-0.39, 0.29) is 38.6 Å². The monoisotopic (exact) mass is 988 g/mol. The highest BCUT2D eigenvalue weighted by molar-refractivity contribution is 7.47. The highest BCUT2D eigenvalue weighted by atomic mass is 31.2. The van der Waals surface area contributed by atoms with E-state index in [4.69, 9.17) is 24.3 Å². The van der Waals surface area contributed by atoms with Crippen molar-refractivity contribution in [3.05, 3.63) is 72.9 Å². The average Bonchev–Trinajstić information content (AvgIpc) is 3.34. The molecule has 0 aliphatic carbocycles. The molecule has 0 saturated carbocycles. The van der Waals surface area contributed by atoms with Crippen LogP contribution in [0.1, 0.15) is 258 Å². The maximum Gasteiger partial charge on any atom is 0.472 e. The standard InChI is InChI=1S/C59H106NO8P/c1-3-5-7-9-11-13-15-17-19-21-23-25-26-27-28-29-30-32-34-36-38-40-42-44-46-48-50-52-59(62)68-57(56-67-69(63,64)66-54-53-60)55-65-58(61)51-49-47-45-43-41-39-37-35-33-31-24-22-20-18-16-14-12-10-8-6-4-2/h5,7,11,13,17,19,23,25,27-28,30,32,57H,3-4,6,8-10,12,14-16,18,20-22,24,26,29,31,33-56,60H2,1-2H3,(H,63,64)/b7-5-,13-11-,19-17-,25-23-,28-27-,32-30-. The first kappa shape index (κ1) is 66.5. The van der Waals surface area contributed by atoms with Gasteiger partial charge in [0.2, 0.25) is 0 Å². The van der Waals surface area contributed by atoms with Gasteiger partial charge in [-0.15, -0.1) is 0 Å². The average molecular weight is 988 g/mol. The number of carbonyl (C=O) groups is 2. The van der Waals surface area contributed by atoms with E-state index in [1.54, 1.807) is 0 Å². The Kier molecular flexibility index (Phi) is 52.8. The first-order valence-corrected chi connectivity index (χ1v) is 29.9. The molecule has 0 amide bonds. The Morgan fingerprint density at radius 3 is 1.19 bits per heavy atom. The second-order valence-corrected chi connectivity index (χ2v) is 20.2. The molecule has 0 heterocycles. The summed E-state index contributed by atoms with van der Waals surface area (Å²) in [6, 6.07) is 0. The highest BCUT2D eigenvalue weighted by Crippen LogP contribution is 2.43. The molecule has 400 valence electrons. The van der Waals surface area contributed by atoms with Crippen LogP contribution in [0.25, 0.3) is 0 Å². The second kappa shape index (κ2) is 54.8. The van der Waals surface area contributed by atoms with Crippen molar-refractivity contribution < 1.29 is 37.6 Å². The van der Waals surface area contributed by atoms with Crippen molar-refractivity contribution in [2.75, 3.05) is 26.4 Å². The molecule has 9 nitrogen and oxygen atoms in total. The van der Waals surface area contributed by atoms with Crippen LogP contribution in [0.3, 0.4) is 0 Å². The van der Waals surface area contributed by atoms with Crippen molar-refractivity contribution in [2.24, 2.45) is 5.73 Å². The quantitative estimate of drug-likeness (QED) is 0.0264. The fourth-order valence-electron chi connectivity index (χ4n) is 7.93. The molecule has 0 aliphatic rings. The van der Waals surface area contributed by atoms with Crippen molar-refractivity contribution in [1.29, 1.82) is 0 Å². The number of hydrogen-bond donors (Lipinski definition) is 2. The molecule has 0 rings (SSSR count). The zero-order valence-corrected chi connectivity index (χ0v) is 45.4. The first-order chi connectivity index (χ1) is 33.8. The van der Waals surface area contributed by atoms with Crippen LogP contribution in [0.4, 0.5) is 0 Å². The Hall–Kier alpha value is -2.55. The van der Waals surface area contributed by atoms with Gasteiger partial charge in [0.05, 0.1) is 13.2 Å². The Morgan fingerprint density at radius 1 is 0.449 bits per heavy atom. The van der Waals surface area contributed by atoms with Crippen molar-refractivity contribution in [1.82, 2.24) is 0 Å². The molecule has 0 aromatic heterocycles. The SMILES string of the molecule is CC/C=C\C/C=C\C/C=C\C/C=C\C/C=C\C/C=C\CCCCCCCCCCC(=O)OC(COC(=O)CCCCCCCCCCCCCCCCCCCCCCC)COP(=O)(O)OCCN. The lowest BCUT2D eigenvalue weighted by Crippen LogP contribution is -2.29. The van der Waals surface area contributed by atoms with Gasteiger partial charge in [-0.05, 0) is 64.2 Å². The van der Waals surface area contributed by atoms with Crippen LogP contribution >= 0.6 is 7.82 Å². The normalized spacial score (nSPS) is 13.6. The molecule has 0 aliphatic heterocycles. The zero-order chi connectivity index (χ0) is 50.2. The molecule has 0 spiro atoms. The van der Waals surface area contributed by atoms with Crippen LogP contribution in [0, 0.1) is 0 Å². The maximum absolute atomic E-state index is 12.7. The summed E-state index contributed by atoms with van der Waals surface area (Å²) in [7, 11) is -4.39. The van der Waals surface area contributed by atoms with Crippen LogP contribution in [-0.4, -0.2) is 49.3 Å². The summed E-state index contributed by atoms with van der Waals surface area (Å²) in [5, 5.41) is 0. The molecular formula is C59H106NO8P. The van der Waals surface area contributed by atoms with Crippen molar-refractivity contribution in [3.8, 4) is 0 Å². The van der Waals surface area contributed by atoms with Gasteiger partial charge in [0.1, 0.15) is 6.61 Å². The van der Waals surface area contributed by atoms with Crippen molar-refractivity contribution in [3.63, 3.8) is 0 Å². The molecule has 2 unspecified atom stereocenters. The number of unbranched alkanes of at least 4 members (excludes halogenated alkanes) is 28. The maximum atomic E-state index is 12.7. The number of allylic oxidation sites excluding steroid dienone is 12. The number of carbonyl (C=O) groups excluding carboxylic acids is 2. The van der Waals surface area contributed by atoms with E-state index in [1.165, 1.54) is 141 Å². The van der Waals surface area contributed by atoms with E-state index >= 15 is 0 Å². The van der Waals surface area contributed by atoms with E-state index in [2.05, 4.69) is 86.8 Å². The molecule has 10 heteroatoms. The number of esters is 2. The van der Waals surface area contributed by atoms with Gasteiger partial charge in [-0.2, -0.15) is 0 Å². The predicted octanol–water partition coefficient (Wildman–Crippen LogP) is 17.7. The fourth-order valence-corrected chi connectivity index (χ4v) is 8.70. The number of nitrogens with two attached hydrogens (primary N) is 1. The summed E-state index contributed by atoms with van der Waals surface area (Å²) >= 11 is 0. The smallest absolute Gasteiger partial charge is 0.462 e. The molecule has 0 bridgehead atoms. The van der Waals surface area contributed by atoms with Crippen LogP contribution < -0.4 is 5.73 Å². The fraction of sp³-hybridized carbons (Fsp3) is 0.763. The Morgan fingerprint density at radius 2 is 0.797 bits per heavy atom. The lowest BCUT2D eigenvalue weighted by Gasteiger charge is -2.19. The molecule has 2 atom stereocenters. The molecule has 0 fully saturated rings. The summed E-state index contributed by atoms with van der Waals surface area (Å²) in [6.07, 6.45) is 69.5. The van der Waals surface area contributed by atoms with E-state index in [0.29, 0.717) is 6.42 Å². The first-order valence-electron chi connectivity index (χ1n) is 28.4. The minimum absolute atomic E-state index is 0.0501. The number of hydrogen-bond acceptors (Lipinski definition) is 8. The van der Waals surface area contributed by atoms with E-state index in [1.807, 2.05) is 0 Å². The summed E-state index contributed by atoms with van der Waals surface area (Å²) in [6.45, 7) is 3.65. The lowest BCUT2D eigenvalue weighted by atomic mass is 10.0. The van der Waals surface area contributed by atoms with Gasteiger partial charge in [0.25, 0.3) is 0 Å². The minimum Gasteiger partial charge on any atom is -0.462 e. The lowest BCUT2D eigenvalue weighted by molar-refractivity contribution is -0.161. The van der Waals surface area contributed by atoms with E-state index in [9.17, 15) is 19.0 Å². The second-order valence-electron chi connectivity index (χ2n) is 18.8. The zero-order valence-electron chi connectivity index (χ0n) is 44.5.